The van der Waals surface area contributed by atoms with Gasteiger partial charge in [-0.3, -0.25) is 4.79 Å². The summed E-state index contributed by atoms with van der Waals surface area (Å²) < 4.78 is 6.75. The first-order valence-corrected chi connectivity index (χ1v) is 9.46. The van der Waals surface area contributed by atoms with Gasteiger partial charge in [-0.05, 0) is 70.9 Å². The molecule has 3 nitrogen and oxygen atoms in total. The molecule has 0 saturated carbocycles. The molecule has 0 atom stereocenters. The molecule has 0 spiro atoms. The summed E-state index contributed by atoms with van der Waals surface area (Å²) in [5.41, 5.74) is 4.35. The summed E-state index contributed by atoms with van der Waals surface area (Å²) in [6.45, 7) is 8.85. The molecule has 0 radical (unpaired) electrons. The molecule has 4 heteroatoms. The van der Waals surface area contributed by atoms with E-state index in [9.17, 15) is 4.79 Å². The maximum atomic E-state index is 12.1. The number of benzene rings is 2. The minimum atomic E-state index is 0.0234. The summed E-state index contributed by atoms with van der Waals surface area (Å²) in [5.74, 6) is 1.33. The second kappa shape index (κ2) is 9.04. The number of ether oxygens (including phenoxy) is 1. The van der Waals surface area contributed by atoms with Gasteiger partial charge in [0.15, 0.2) is 0 Å². The lowest BCUT2D eigenvalue weighted by Crippen LogP contribution is -2.14. The van der Waals surface area contributed by atoms with Gasteiger partial charge in [0.25, 0.3) is 0 Å². The highest BCUT2D eigenvalue weighted by Gasteiger charge is 2.08. The molecule has 0 aliphatic carbocycles. The second-order valence-electron chi connectivity index (χ2n) is 6.61. The molecule has 0 heterocycles. The van der Waals surface area contributed by atoms with Crippen molar-refractivity contribution in [2.24, 2.45) is 0 Å². The highest BCUT2D eigenvalue weighted by molar-refractivity contribution is 9.10. The van der Waals surface area contributed by atoms with E-state index in [0.29, 0.717) is 25.4 Å². The SMILES string of the molecule is Cc1cccc(C)c1NC(=O)CCCOc1ccc(C(C)C)cc1Br. The molecule has 0 aromatic heterocycles. The Kier molecular flexibility index (Phi) is 7.06. The van der Waals surface area contributed by atoms with Crippen LogP contribution in [0.4, 0.5) is 5.69 Å². The quantitative estimate of drug-likeness (QED) is 0.576. The van der Waals surface area contributed by atoms with Crippen molar-refractivity contribution in [2.75, 3.05) is 11.9 Å². The number of carbonyl (C=O) groups is 1. The summed E-state index contributed by atoms with van der Waals surface area (Å²) in [4.78, 5) is 12.1. The molecule has 134 valence electrons. The highest BCUT2D eigenvalue weighted by atomic mass is 79.9. The molecule has 1 amide bonds. The van der Waals surface area contributed by atoms with Gasteiger partial charge < -0.3 is 10.1 Å². The number of nitrogens with one attached hydrogen (secondary N) is 1. The maximum absolute atomic E-state index is 12.1. The molecule has 2 aromatic carbocycles. The second-order valence-corrected chi connectivity index (χ2v) is 7.47. The Hall–Kier alpha value is -1.81. The molecule has 0 bridgehead atoms. The number of aryl methyl sites for hydroxylation is 2. The van der Waals surface area contributed by atoms with E-state index in [2.05, 4.69) is 47.2 Å². The molecule has 0 saturated heterocycles. The summed E-state index contributed by atoms with van der Waals surface area (Å²) >= 11 is 3.55. The van der Waals surface area contributed by atoms with Crippen LogP contribution in [-0.2, 0) is 4.79 Å². The number of hydrogen-bond donors (Lipinski definition) is 1. The summed E-state index contributed by atoms with van der Waals surface area (Å²) in [7, 11) is 0. The van der Waals surface area contributed by atoms with E-state index in [0.717, 1.165) is 27.0 Å². The Balaban J connectivity index is 1.80. The van der Waals surface area contributed by atoms with E-state index >= 15 is 0 Å². The van der Waals surface area contributed by atoms with Crippen molar-refractivity contribution in [3.63, 3.8) is 0 Å². The Morgan fingerprint density at radius 2 is 1.84 bits per heavy atom. The smallest absolute Gasteiger partial charge is 0.224 e. The van der Waals surface area contributed by atoms with Gasteiger partial charge in [0.1, 0.15) is 5.75 Å². The number of amides is 1. The van der Waals surface area contributed by atoms with Crippen molar-refractivity contribution in [2.45, 2.75) is 46.5 Å². The highest BCUT2D eigenvalue weighted by Crippen LogP contribution is 2.29. The van der Waals surface area contributed by atoms with Gasteiger partial charge >= 0.3 is 0 Å². The van der Waals surface area contributed by atoms with Crippen LogP contribution in [-0.4, -0.2) is 12.5 Å². The van der Waals surface area contributed by atoms with E-state index in [4.69, 9.17) is 4.74 Å². The van der Waals surface area contributed by atoms with Crippen LogP contribution in [0.5, 0.6) is 5.75 Å². The topological polar surface area (TPSA) is 38.3 Å². The standard InChI is InChI=1S/C21H26BrNO2/c1-14(2)17-10-11-19(18(22)13-17)25-12-6-9-20(24)23-21-15(3)7-5-8-16(21)4/h5,7-8,10-11,13-14H,6,9,12H2,1-4H3,(H,23,24). The molecule has 0 unspecified atom stereocenters. The van der Waals surface area contributed by atoms with Crippen LogP contribution < -0.4 is 10.1 Å². The van der Waals surface area contributed by atoms with Crippen molar-refractivity contribution in [1.29, 1.82) is 0 Å². The molecule has 25 heavy (non-hydrogen) atoms. The molecular weight excluding hydrogens is 378 g/mol. The van der Waals surface area contributed by atoms with E-state index in [1.807, 2.05) is 38.1 Å². The molecule has 2 rings (SSSR count). The molecule has 0 aliphatic rings. The van der Waals surface area contributed by atoms with Gasteiger partial charge in [-0.25, -0.2) is 0 Å². The fourth-order valence-electron chi connectivity index (χ4n) is 2.62. The maximum Gasteiger partial charge on any atom is 0.224 e. The number of hydrogen-bond acceptors (Lipinski definition) is 2. The van der Waals surface area contributed by atoms with Crippen LogP contribution in [0, 0.1) is 13.8 Å². The van der Waals surface area contributed by atoms with Crippen molar-refractivity contribution in [3.8, 4) is 5.75 Å². The van der Waals surface area contributed by atoms with Gasteiger partial charge in [-0.15, -0.1) is 0 Å². The normalized spacial score (nSPS) is 10.8. The largest absolute Gasteiger partial charge is 0.492 e. The molecule has 2 aromatic rings. The zero-order valence-electron chi connectivity index (χ0n) is 15.4. The predicted octanol–water partition coefficient (Wildman–Crippen LogP) is 5.99. The monoisotopic (exact) mass is 403 g/mol. The van der Waals surface area contributed by atoms with Crippen molar-refractivity contribution >= 4 is 27.5 Å². The lowest BCUT2D eigenvalue weighted by Gasteiger charge is -2.13. The van der Waals surface area contributed by atoms with E-state index in [-0.39, 0.29) is 5.91 Å². The average molecular weight is 404 g/mol. The first-order valence-electron chi connectivity index (χ1n) is 8.66. The van der Waals surface area contributed by atoms with Crippen LogP contribution in [0.2, 0.25) is 0 Å². The van der Waals surface area contributed by atoms with Crippen LogP contribution in [0.3, 0.4) is 0 Å². The zero-order chi connectivity index (χ0) is 18.4. The molecule has 0 aliphatic heterocycles. The Labute approximate surface area is 158 Å². The third-order valence-corrected chi connectivity index (χ3v) is 4.79. The van der Waals surface area contributed by atoms with Crippen molar-refractivity contribution < 1.29 is 9.53 Å². The molecular formula is C21H26BrNO2. The Morgan fingerprint density at radius 3 is 2.44 bits per heavy atom. The van der Waals surface area contributed by atoms with Crippen molar-refractivity contribution in [3.05, 3.63) is 57.6 Å². The van der Waals surface area contributed by atoms with Gasteiger partial charge in [0.2, 0.25) is 5.91 Å². The Morgan fingerprint density at radius 1 is 1.16 bits per heavy atom. The summed E-state index contributed by atoms with van der Waals surface area (Å²) in [5, 5.41) is 3.00. The third-order valence-electron chi connectivity index (χ3n) is 4.17. The number of para-hydroxylation sites is 1. The minimum absolute atomic E-state index is 0.0234. The zero-order valence-corrected chi connectivity index (χ0v) is 16.9. The van der Waals surface area contributed by atoms with Crippen LogP contribution in [0.1, 0.15) is 49.3 Å². The number of carbonyl (C=O) groups excluding carboxylic acids is 1. The van der Waals surface area contributed by atoms with E-state index in [1.165, 1.54) is 5.56 Å². The van der Waals surface area contributed by atoms with E-state index < -0.39 is 0 Å². The lowest BCUT2D eigenvalue weighted by molar-refractivity contribution is -0.116. The van der Waals surface area contributed by atoms with Gasteiger partial charge in [-0.1, -0.05) is 38.1 Å². The average Bonchev–Trinajstić information content (AvgIpc) is 2.56. The fraction of sp³-hybridized carbons (Fsp3) is 0.381. The minimum Gasteiger partial charge on any atom is -0.492 e. The first kappa shape index (κ1) is 19.5. The summed E-state index contributed by atoms with van der Waals surface area (Å²) in [6, 6.07) is 12.2. The predicted molar refractivity (Wildman–Crippen MR) is 108 cm³/mol. The van der Waals surface area contributed by atoms with Gasteiger partial charge in [0, 0.05) is 12.1 Å². The van der Waals surface area contributed by atoms with Gasteiger partial charge in [0.05, 0.1) is 11.1 Å². The third kappa shape index (κ3) is 5.60. The lowest BCUT2D eigenvalue weighted by atomic mass is 10.0. The molecule has 0 fully saturated rings. The van der Waals surface area contributed by atoms with Crippen LogP contribution in [0.25, 0.3) is 0 Å². The van der Waals surface area contributed by atoms with Crippen molar-refractivity contribution in [1.82, 2.24) is 0 Å². The first-order chi connectivity index (χ1) is 11.9. The number of anilines is 1. The number of halogens is 1. The van der Waals surface area contributed by atoms with Crippen LogP contribution in [0.15, 0.2) is 40.9 Å². The van der Waals surface area contributed by atoms with Crippen LogP contribution >= 0.6 is 15.9 Å². The van der Waals surface area contributed by atoms with Gasteiger partial charge in [-0.2, -0.15) is 0 Å². The number of rotatable bonds is 7. The fourth-order valence-corrected chi connectivity index (χ4v) is 3.13. The summed E-state index contributed by atoms with van der Waals surface area (Å²) in [6.07, 6.45) is 1.12. The Bertz CT molecular complexity index is 720. The van der Waals surface area contributed by atoms with E-state index in [1.54, 1.807) is 0 Å². The molecule has 1 N–H and O–H groups in total.